The number of rotatable bonds is 8. The number of aromatic nitrogens is 2. The summed E-state index contributed by atoms with van der Waals surface area (Å²) in [4.78, 5) is 19.4. The van der Waals surface area contributed by atoms with Crippen LogP contribution >= 0.6 is 0 Å². The lowest BCUT2D eigenvalue weighted by atomic mass is 10.0. The SMILES string of the molecule is NCCNCc1ccc(-c2ccc3ncn(Cc4cccc(C(=O)N5CCCC5)c4)c3c2)cc1. The summed E-state index contributed by atoms with van der Waals surface area (Å²) in [7, 11) is 0. The quantitative estimate of drug-likeness (QED) is 0.395. The van der Waals surface area contributed by atoms with Crippen LogP contribution in [0.5, 0.6) is 0 Å². The molecule has 6 nitrogen and oxygen atoms in total. The van der Waals surface area contributed by atoms with E-state index in [0.717, 1.165) is 66.7 Å². The number of nitrogens with zero attached hydrogens (tertiary/aromatic N) is 3. The fourth-order valence-corrected chi connectivity index (χ4v) is 4.61. The lowest BCUT2D eigenvalue weighted by Crippen LogP contribution is -2.27. The van der Waals surface area contributed by atoms with E-state index in [4.69, 9.17) is 5.73 Å². The maximum atomic E-state index is 12.8. The first-order chi connectivity index (χ1) is 16.7. The molecule has 0 spiro atoms. The largest absolute Gasteiger partial charge is 0.339 e. The number of hydrogen-bond acceptors (Lipinski definition) is 4. The van der Waals surface area contributed by atoms with Crippen molar-refractivity contribution in [2.45, 2.75) is 25.9 Å². The molecule has 4 aromatic rings. The fraction of sp³-hybridized carbons (Fsp3) is 0.286. The number of amides is 1. The monoisotopic (exact) mass is 453 g/mol. The number of likely N-dealkylation sites (tertiary alicyclic amines) is 1. The summed E-state index contributed by atoms with van der Waals surface area (Å²) in [5, 5.41) is 3.33. The van der Waals surface area contributed by atoms with Gasteiger partial charge in [-0.05, 0) is 59.4 Å². The molecule has 0 atom stereocenters. The van der Waals surface area contributed by atoms with E-state index in [9.17, 15) is 4.79 Å². The second kappa shape index (κ2) is 10.2. The van der Waals surface area contributed by atoms with Crippen molar-refractivity contribution in [1.82, 2.24) is 19.8 Å². The molecule has 1 fully saturated rings. The molecule has 0 saturated carbocycles. The van der Waals surface area contributed by atoms with Crippen LogP contribution in [0.1, 0.15) is 34.3 Å². The molecule has 1 aliphatic rings. The third-order valence-electron chi connectivity index (χ3n) is 6.48. The number of carbonyl (C=O) groups excluding carboxylic acids is 1. The Labute approximate surface area is 200 Å². The number of carbonyl (C=O) groups is 1. The van der Waals surface area contributed by atoms with Crippen LogP contribution in [0, 0.1) is 0 Å². The van der Waals surface area contributed by atoms with Gasteiger partial charge in [-0.1, -0.05) is 42.5 Å². The average Bonchev–Trinajstić information content (AvgIpc) is 3.55. The molecule has 0 bridgehead atoms. The molecule has 6 heteroatoms. The summed E-state index contributed by atoms with van der Waals surface area (Å²) in [6.45, 7) is 4.68. The average molecular weight is 454 g/mol. The Morgan fingerprint density at radius 3 is 2.53 bits per heavy atom. The van der Waals surface area contributed by atoms with Crippen LogP contribution in [-0.2, 0) is 13.1 Å². The molecule has 3 N–H and O–H groups in total. The van der Waals surface area contributed by atoms with Crippen molar-refractivity contribution in [1.29, 1.82) is 0 Å². The minimum atomic E-state index is 0.138. The molecule has 3 aromatic carbocycles. The molecule has 1 amide bonds. The minimum Gasteiger partial charge on any atom is -0.339 e. The summed E-state index contributed by atoms with van der Waals surface area (Å²) < 4.78 is 2.16. The first-order valence-corrected chi connectivity index (χ1v) is 12.0. The molecule has 0 unspecified atom stereocenters. The molecule has 34 heavy (non-hydrogen) atoms. The zero-order valence-electron chi connectivity index (χ0n) is 19.4. The highest BCUT2D eigenvalue weighted by molar-refractivity contribution is 5.94. The Morgan fingerprint density at radius 1 is 0.941 bits per heavy atom. The van der Waals surface area contributed by atoms with E-state index in [1.807, 2.05) is 29.4 Å². The second-order valence-corrected chi connectivity index (χ2v) is 8.94. The minimum absolute atomic E-state index is 0.138. The van der Waals surface area contributed by atoms with Gasteiger partial charge in [0.2, 0.25) is 0 Å². The normalized spacial score (nSPS) is 13.6. The standard InChI is InChI=1S/C28H31N5O/c29-12-13-30-18-21-6-8-23(9-7-21)24-10-11-26-27(17-24)33(20-31-26)19-22-4-3-5-25(16-22)28(34)32-14-1-2-15-32/h3-11,16-17,20,30H,1-2,12-15,18-19,29H2. The number of imidazole rings is 1. The van der Waals surface area contributed by atoms with E-state index in [0.29, 0.717) is 13.1 Å². The van der Waals surface area contributed by atoms with E-state index in [1.54, 1.807) is 0 Å². The highest BCUT2D eigenvalue weighted by Gasteiger charge is 2.19. The van der Waals surface area contributed by atoms with Crippen molar-refractivity contribution in [3.63, 3.8) is 0 Å². The van der Waals surface area contributed by atoms with E-state index in [2.05, 4.69) is 63.4 Å². The van der Waals surface area contributed by atoms with Crippen LogP contribution in [-0.4, -0.2) is 46.5 Å². The zero-order valence-corrected chi connectivity index (χ0v) is 19.4. The summed E-state index contributed by atoms with van der Waals surface area (Å²) in [6.07, 6.45) is 4.08. The predicted molar refractivity (Wildman–Crippen MR) is 137 cm³/mol. The Kier molecular flexibility index (Phi) is 6.70. The molecular weight excluding hydrogens is 422 g/mol. The van der Waals surface area contributed by atoms with Gasteiger partial charge in [0.25, 0.3) is 5.91 Å². The van der Waals surface area contributed by atoms with Crippen molar-refractivity contribution in [2.75, 3.05) is 26.2 Å². The summed E-state index contributed by atoms with van der Waals surface area (Å²) in [6, 6.07) is 23.0. The van der Waals surface area contributed by atoms with E-state index >= 15 is 0 Å². The second-order valence-electron chi connectivity index (χ2n) is 8.94. The van der Waals surface area contributed by atoms with Crippen LogP contribution < -0.4 is 11.1 Å². The fourth-order valence-electron chi connectivity index (χ4n) is 4.61. The van der Waals surface area contributed by atoms with Gasteiger partial charge in [-0.25, -0.2) is 4.98 Å². The van der Waals surface area contributed by atoms with Crippen LogP contribution in [0.25, 0.3) is 22.2 Å². The Bertz CT molecular complexity index is 1270. The predicted octanol–water partition coefficient (Wildman–Crippen LogP) is 4.04. The summed E-state index contributed by atoms with van der Waals surface area (Å²) in [5.74, 6) is 0.138. The van der Waals surface area contributed by atoms with Gasteiger partial charge in [0.05, 0.1) is 17.4 Å². The molecular formula is C28H31N5O. The zero-order chi connectivity index (χ0) is 23.3. The number of fused-ring (bicyclic) bond motifs is 1. The summed E-state index contributed by atoms with van der Waals surface area (Å²) >= 11 is 0. The molecule has 0 radical (unpaired) electrons. The van der Waals surface area contributed by atoms with E-state index in [1.165, 1.54) is 11.1 Å². The van der Waals surface area contributed by atoms with Gasteiger partial charge < -0.3 is 20.5 Å². The molecule has 0 aliphatic carbocycles. The molecule has 1 aromatic heterocycles. The van der Waals surface area contributed by atoms with Gasteiger partial charge in [0.1, 0.15) is 0 Å². The van der Waals surface area contributed by atoms with Gasteiger partial charge in [-0.2, -0.15) is 0 Å². The number of nitrogens with one attached hydrogen (secondary N) is 1. The van der Waals surface area contributed by atoms with Crippen LogP contribution in [0.4, 0.5) is 0 Å². The third-order valence-corrected chi connectivity index (χ3v) is 6.48. The summed E-state index contributed by atoms with van der Waals surface area (Å²) in [5.41, 5.74) is 13.1. The van der Waals surface area contributed by atoms with Crippen molar-refractivity contribution in [3.05, 3.63) is 89.7 Å². The van der Waals surface area contributed by atoms with Crippen LogP contribution in [0.2, 0.25) is 0 Å². The van der Waals surface area contributed by atoms with Gasteiger partial charge in [0, 0.05) is 44.8 Å². The number of nitrogens with two attached hydrogens (primary N) is 1. The highest BCUT2D eigenvalue weighted by atomic mass is 16.2. The first kappa shape index (κ1) is 22.3. The highest BCUT2D eigenvalue weighted by Crippen LogP contribution is 2.25. The van der Waals surface area contributed by atoms with Crippen LogP contribution in [0.15, 0.2) is 73.1 Å². The maximum Gasteiger partial charge on any atom is 0.253 e. The molecule has 1 aliphatic heterocycles. The number of benzene rings is 3. The van der Waals surface area contributed by atoms with Crippen LogP contribution in [0.3, 0.4) is 0 Å². The molecule has 1 saturated heterocycles. The third kappa shape index (κ3) is 4.88. The maximum absolute atomic E-state index is 12.8. The smallest absolute Gasteiger partial charge is 0.253 e. The topological polar surface area (TPSA) is 76.2 Å². The lowest BCUT2D eigenvalue weighted by Gasteiger charge is -2.16. The van der Waals surface area contributed by atoms with Crippen molar-refractivity contribution in [2.24, 2.45) is 5.73 Å². The van der Waals surface area contributed by atoms with E-state index < -0.39 is 0 Å². The number of hydrogen-bond donors (Lipinski definition) is 2. The van der Waals surface area contributed by atoms with E-state index in [-0.39, 0.29) is 5.91 Å². The van der Waals surface area contributed by atoms with Gasteiger partial charge >= 0.3 is 0 Å². The Morgan fingerprint density at radius 2 is 1.74 bits per heavy atom. The first-order valence-electron chi connectivity index (χ1n) is 12.0. The van der Waals surface area contributed by atoms with Crippen molar-refractivity contribution in [3.8, 4) is 11.1 Å². The molecule has 2 heterocycles. The Balaban J connectivity index is 1.35. The van der Waals surface area contributed by atoms with Crippen molar-refractivity contribution >= 4 is 16.9 Å². The van der Waals surface area contributed by atoms with Gasteiger partial charge in [-0.3, -0.25) is 4.79 Å². The lowest BCUT2D eigenvalue weighted by molar-refractivity contribution is 0.0792. The molecule has 174 valence electrons. The van der Waals surface area contributed by atoms with Crippen molar-refractivity contribution < 1.29 is 4.79 Å². The Hall–Kier alpha value is -3.48. The molecule has 5 rings (SSSR count). The van der Waals surface area contributed by atoms with Gasteiger partial charge in [0.15, 0.2) is 0 Å². The van der Waals surface area contributed by atoms with Gasteiger partial charge in [-0.15, -0.1) is 0 Å².